The summed E-state index contributed by atoms with van der Waals surface area (Å²) in [6.45, 7) is 3.03. The summed E-state index contributed by atoms with van der Waals surface area (Å²) in [6.07, 6.45) is 5.54. The van der Waals surface area contributed by atoms with Crippen LogP contribution < -0.4 is 10.6 Å². The van der Waals surface area contributed by atoms with Crippen LogP contribution in [0.5, 0.6) is 0 Å². The first-order valence-corrected chi connectivity index (χ1v) is 13.4. The Morgan fingerprint density at radius 2 is 1.57 bits per heavy atom. The van der Waals surface area contributed by atoms with Crippen molar-refractivity contribution in [2.24, 2.45) is 0 Å². The first-order chi connectivity index (χ1) is 17.9. The van der Waals surface area contributed by atoms with Crippen molar-refractivity contribution in [1.29, 1.82) is 0 Å². The molecule has 2 saturated heterocycles. The molecule has 5 rings (SSSR count). The third-order valence-corrected chi connectivity index (χ3v) is 8.04. The zero-order chi connectivity index (χ0) is 25.9. The Bertz CT molecular complexity index is 1130. The zero-order valence-corrected chi connectivity index (χ0v) is 21.4. The van der Waals surface area contributed by atoms with Gasteiger partial charge in [0.05, 0.1) is 6.10 Å². The Morgan fingerprint density at radius 1 is 0.892 bits per heavy atom. The minimum atomic E-state index is -0.664. The lowest BCUT2D eigenvalue weighted by Gasteiger charge is -2.26. The Hall–Kier alpha value is -3.39. The van der Waals surface area contributed by atoms with Crippen molar-refractivity contribution in [3.05, 3.63) is 59.7 Å². The van der Waals surface area contributed by atoms with E-state index in [0.717, 1.165) is 19.4 Å². The van der Waals surface area contributed by atoms with Gasteiger partial charge in [-0.15, -0.1) is 0 Å². The van der Waals surface area contributed by atoms with Gasteiger partial charge in [0.2, 0.25) is 5.91 Å². The van der Waals surface area contributed by atoms with E-state index >= 15 is 0 Å². The van der Waals surface area contributed by atoms with E-state index in [9.17, 15) is 19.5 Å². The number of amides is 4. The van der Waals surface area contributed by atoms with Crippen LogP contribution >= 0.6 is 0 Å². The quantitative estimate of drug-likeness (QED) is 0.536. The molecule has 8 heteroatoms. The average molecular weight is 505 g/mol. The fourth-order valence-electron chi connectivity index (χ4n) is 5.63. The van der Waals surface area contributed by atoms with Gasteiger partial charge < -0.3 is 25.5 Å². The largest absolute Gasteiger partial charge is 0.391 e. The number of benzene rings is 2. The minimum Gasteiger partial charge on any atom is -0.391 e. The molecular formula is C29H36N4O4. The molecule has 1 saturated carbocycles. The summed E-state index contributed by atoms with van der Waals surface area (Å²) in [5, 5.41) is 16.0. The Kier molecular flexibility index (Phi) is 7.46. The molecule has 0 radical (unpaired) electrons. The van der Waals surface area contributed by atoms with E-state index in [-0.39, 0.29) is 36.9 Å². The van der Waals surface area contributed by atoms with Crippen LogP contribution in [0.15, 0.2) is 48.5 Å². The first kappa shape index (κ1) is 25.3. The lowest BCUT2D eigenvalue weighted by molar-refractivity contribution is -0.117. The van der Waals surface area contributed by atoms with E-state index < -0.39 is 12.1 Å². The van der Waals surface area contributed by atoms with Crippen molar-refractivity contribution < 1.29 is 19.5 Å². The second-order valence-corrected chi connectivity index (χ2v) is 10.7. The monoisotopic (exact) mass is 504 g/mol. The fraction of sp³-hybridized carbons (Fsp3) is 0.483. The van der Waals surface area contributed by atoms with Crippen LogP contribution in [0.25, 0.3) is 0 Å². The number of carbonyl (C=O) groups excluding carboxylic acids is 3. The number of rotatable bonds is 6. The summed E-state index contributed by atoms with van der Waals surface area (Å²) in [6, 6.07) is 14.4. The summed E-state index contributed by atoms with van der Waals surface area (Å²) < 4.78 is 0. The Balaban J connectivity index is 1.15. The van der Waals surface area contributed by atoms with Crippen LogP contribution in [0, 0.1) is 0 Å². The number of carbonyl (C=O) groups is 3. The van der Waals surface area contributed by atoms with Crippen LogP contribution in [0.3, 0.4) is 0 Å². The lowest BCUT2D eigenvalue weighted by atomic mass is 9.80. The van der Waals surface area contributed by atoms with Crippen molar-refractivity contribution in [2.45, 2.75) is 76.0 Å². The van der Waals surface area contributed by atoms with Gasteiger partial charge in [0.25, 0.3) is 5.91 Å². The van der Waals surface area contributed by atoms with Gasteiger partial charge in [-0.05, 0) is 86.9 Å². The third-order valence-electron chi connectivity index (χ3n) is 8.04. The summed E-state index contributed by atoms with van der Waals surface area (Å²) in [5.41, 5.74) is 3.21. The molecule has 1 aliphatic carbocycles. The van der Waals surface area contributed by atoms with Crippen molar-refractivity contribution in [3.63, 3.8) is 0 Å². The van der Waals surface area contributed by atoms with Crippen LogP contribution in [0.1, 0.15) is 73.7 Å². The predicted molar refractivity (Wildman–Crippen MR) is 143 cm³/mol. The van der Waals surface area contributed by atoms with Crippen molar-refractivity contribution in [2.75, 3.05) is 23.7 Å². The molecule has 3 atom stereocenters. The third kappa shape index (κ3) is 5.80. The smallest absolute Gasteiger partial charge is 0.322 e. The second kappa shape index (κ2) is 10.9. The number of nitrogens with one attached hydrogen (secondary N) is 2. The van der Waals surface area contributed by atoms with Crippen molar-refractivity contribution in [3.8, 4) is 0 Å². The standard InChI is InChI=1S/C29H36N4O4/c1-19-4-3-15-32(19)28(36)22-9-13-23(14-10-22)30-27(35)17-25-16-26(34)18-33(25)29(37)31-24-11-7-21(8-12-24)20-5-2-6-20/h7-14,19-20,25-26,34H,2-6,15-18H2,1H3,(H,30,35)(H,31,37)/t19-,25+,26+/m0/s1. The summed E-state index contributed by atoms with van der Waals surface area (Å²) in [4.78, 5) is 41.9. The van der Waals surface area contributed by atoms with Gasteiger partial charge in [0.1, 0.15) is 0 Å². The van der Waals surface area contributed by atoms with Crippen LogP contribution in [-0.4, -0.2) is 64.0 Å². The molecule has 3 fully saturated rings. The van der Waals surface area contributed by atoms with Gasteiger partial charge in [0, 0.05) is 48.5 Å². The van der Waals surface area contributed by atoms with E-state index in [1.165, 1.54) is 24.8 Å². The van der Waals surface area contributed by atoms with Crippen LogP contribution in [-0.2, 0) is 4.79 Å². The molecule has 0 bridgehead atoms. The molecule has 2 heterocycles. The molecule has 4 amide bonds. The topological polar surface area (TPSA) is 102 Å². The lowest BCUT2D eigenvalue weighted by Crippen LogP contribution is -2.40. The second-order valence-electron chi connectivity index (χ2n) is 10.7. The maximum absolute atomic E-state index is 13.0. The normalized spacial score (nSPS) is 23.6. The highest BCUT2D eigenvalue weighted by atomic mass is 16.3. The number of nitrogens with zero attached hydrogens (tertiary/aromatic N) is 2. The van der Waals surface area contributed by atoms with Gasteiger partial charge in [-0.25, -0.2) is 4.79 Å². The molecule has 3 N–H and O–H groups in total. The first-order valence-electron chi connectivity index (χ1n) is 13.4. The summed E-state index contributed by atoms with van der Waals surface area (Å²) >= 11 is 0. The number of β-amino-alcohol motifs (C(OH)–C–C–N with tert-alkyl or cyclic N) is 1. The van der Waals surface area contributed by atoms with Crippen molar-refractivity contribution >= 4 is 29.2 Å². The Morgan fingerprint density at radius 3 is 2.19 bits per heavy atom. The summed E-state index contributed by atoms with van der Waals surface area (Å²) in [7, 11) is 0. The van der Waals surface area contributed by atoms with E-state index in [2.05, 4.69) is 29.7 Å². The molecule has 0 unspecified atom stereocenters. The maximum atomic E-state index is 13.0. The number of anilines is 2. The molecule has 196 valence electrons. The van der Waals surface area contributed by atoms with Crippen molar-refractivity contribution in [1.82, 2.24) is 9.80 Å². The summed E-state index contributed by atoms with van der Waals surface area (Å²) in [5.74, 6) is 0.406. The molecule has 0 spiro atoms. The van der Waals surface area contributed by atoms with Gasteiger partial charge in [-0.3, -0.25) is 9.59 Å². The van der Waals surface area contributed by atoms with E-state index in [1.54, 1.807) is 29.2 Å². The molecule has 8 nitrogen and oxygen atoms in total. The minimum absolute atomic E-state index is 0.0159. The number of likely N-dealkylation sites (tertiary alicyclic amines) is 2. The number of urea groups is 1. The predicted octanol–water partition coefficient (Wildman–Crippen LogP) is 4.57. The number of aliphatic hydroxyl groups excluding tert-OH is 1. The Labute approximate surface area is 218 Å². The van der Waals surface area contributed by atoms with Crippen LogP contribution in [0.4, 0.5) is 16.2 Å². The SMILES string of the molecule is C[C@H]1CCCN1C(=O)c1ccc(NC(=O)C[C@H]2C[C@@H](O)CN2C(=O)Nc2ccc(C3CCC3)cc2)cc1. The van der Waals surface area contributed by atoms with Gasteiger partial charge in [-0.2, -0.15) is 0 Å². The molecule has 37 heavy (non-hydrogen) atoms. The van der Waals surface area contributed by atoms with E-state index in [1.807, 2.05) is 17.0 Å². The highest BCUT2D eigenvalue weighted by Gasteiger charge is 2.36. The highest BCUT2D eigenvalue weighted by Crippen LogP contribution is 2.36. The van der Waals surface area contributed by atoms with Gasteiger partial charge in [0.15, 0.2) is 0 Å². The molecule has 2 aromatic rings. The molecule has 3 aliphatic rings. The zero-order valence-electron chi connectivity index (χ0n) is 21.4. The molecular weight excluding hydrogens is 468 g/mol. The average Bonchev–Trinajstić information content (AvgIpc) is 3.44. The van der Waals surface area contributed by atoms with Gasteiger partial charge >= 0.3 is 6.03 Å². The maximum Gasteiger partial charge on any atom is 0.322 e. The number of hydrogen-bond donors (Lipinski definition) is 3. The van der Waals surface area contributed by atoms with Gasteiger partial charge in [-0.1, -0.05) is 18.6 Å². The molecule has 0 aromatic heterocycles. The number of aliphatic hydroxyl groups is 1. The van der Waals surface area contributed by atoms with E-state index in [0.29, 0.717) is 29.3 Å². The van der Waals surface area contributed by atoms with E-state index in [4.69, 9.17) is 0 Å². The highest BCUT2D eigenvalue weighted by molar-refractivity contribution is 5.96. The van der Waals surface area contributed by atoms with Crippen LogP contribution in [0.2, 0.25) is 0 Å². The molecule has 2 aliphatic heterocycles. The molecule has 2 aromatic carbocycles. The fourth-order valence-corrected chi connectivity index (χ4v) is 5.63. The number of hydrogen-bond acceptors (Lipinski definition) is 4.